The van der Waals surface area contributed by atoms with Crippen molar-refractivity contribution in [3.8, 4) is 5.75 Å². The molecule has 0 spiro atoms. The number of methoxy groups -OCH3 is 2. The predicted octanol–water partition coefficient (Wildman–Crippen LogP) is 2.70. The van der Waals surface area contributed by atoms with Crippen LogP contribution in [0.3, 0.4) is 0 Å². The Bertz CT molecular complexity index is 392. The summed E-state index contributed by atoms with van der Waals surface area (Å²) in [6.07, 6.45) is 3.39. The first kappa shape index (κ1) is 13.4. The molecule has 0 bridgehead atoms. The molecular formula is C15H23NO2. The Labute approximate surface area is 109 Å². The highest BCUT2D eigenvalue weighted by Crippen LogP contribution is 2.34. The third-order valence-electron chi connectivity index (χ3n) is 3.67. The molecule has 3 heteroatoms. The smallest absolute Gasteiger partial charge is 0.119 e. The highest BCUT2D eigenvalue weighted by Gasteiger charge is 2.23. The van der Waals surface area contributed by atoms with Crippen molar-refractivity contribution in [3.63, 3.8) is 0 Å². The maximum absolute atomic E-state index is 5.31. The Morgan fingerprint density at radius 1 is 1.39 bits per heavy atom. The van der Waals surface area contributed by atoms with Gasteiger partial charge in [0.05, 0.1) is 7.11 Å². The molecule has 0 radical (unpaired) electrons. The van der Waals surface area contributed by atoms with Crippen LogP contribution in [0.5, 0.6) is 5.75 Å². The van der Waals surface area contributed by atoms with E-state index in [1.54, 1.807) is 14.2 Å². The molecule has 1 aliphatic carbocycles. The Kier molecular flexibility index (Phi) is 4.61. The van der Waals surface area contributed by atoms with E-state index < -0.39 is 0 Å². The van der Waals surface area contributed by atoms with Crippen LogP contribution >= 0.6 is 0 Å². The Morgan fingerprint density at radius 2 is 2.22 bits per heavy atom. The topological polar surface area (TPSA) is 30.5 Å². The highest BCUT2D eigenvalue weighted by molar-refractivity contribution is 5.40. The summed E-state index contributed by atoms with van der Waals surface area (Å²) in [5.74, 6) is 0.951. The van der Waals surface area contributed by atoms with Crippen molar-refractivity contribution in [2.24, 2.45) is 0 Å². The van der Waals surface area contributed by atoms with Gasteiger partial charge in [0.15, 0.2) is 0 Å². The first-order valence-electron chi connectivity index (χ1n) is 6.66. The number of benzene rings is 1. The summed E-state index contributed by atoms with van der Waals surface area (Å²) in [6.45, 7) is 3.03. The van der Waals surface area contributed by atoms with Gasteiger partial charge in [0.2, 0.25) is 0 Å². The maximum atomic E-state index is 5.31. The fourth-order valence-electron chi connectivity index (χ4n) is 2.60. The molecule has 1 N–H and O–H groups in total. The average Bonchev–Trinajstić information content (AvgIpc) is 2.78. The Balaban J connectivity index is 2.01. The molecule has 100 valence electrons. The van der Waals surface area contributed by atoms with Crippen LogP contribution in [0.4, 0.5) is 0 Å². The van der Waals surface area contributed by atoms with Crippen molar-refractivity contribution >= 4 is 0 Å². The second-order valence-electron chi connectivity index (χ2n) is 5.01. The van der Waals surface area contributed by atoms with Crippen LogP contribution in [0.2, 0.25) is 0 Å². The summed E-state index contributed by atoms with van der Waals surface area (Å²) >= 11 is 0. The molecule has 2 atom stereocenters. The van der Waals surface area contributed by atoms with Crippen LogP contribution in [-0.2, 0) is 11.2 Å². The molecule has 1 aromatic carbocycles. The van der Waals surface area contributed by atoms with Gasteiger partial charge in [-0.25, -0.2) is 0 Å². The fourth-order valence-corrected chi connectivity index (χ4v) is 2.60. The van der Waals surface area contributed by atoms with E-state index >= 15 is 0 Å². The highest BCUT2D eigenvalue weighted by atomic mass is 16.5. The van der Waals surface area contributed by atoms with Crippen LogP contribution in [0.25, 0.3) is 0 Å². The number of hydrogen-bond donors (Lipinski definition) is 1. The number of rotatable bonds is 6. The predicted molar refractivity (Wildman–Crippen MR) is 73.1 cm³/mol. The Morgan fingerprint density at radius 3 is 2.94 bits per heavy atom. The monoisotopic (exact) mass is 249 g/mol. The lowest BCUT2D eigenvalue weighted by molar-refractivity contribution is 0.182. The largest absolute Gasteiger partial charge is 0.497 e. The molecule has 18 heavy (non-hydrogen) atoms. The minimum absolute atomic E-state index is 0.460. The zero-order valence-corrected chi connectivity index (χ0v) is 11.5. The van der Waals surface area contributed by atoms with Crippen LogP contribution in [0, 0.1) is 0 Å². The first-order valence-corrected chi connectivity index (χ1v) is 6.66. The molecule has 0 amide bonds. The van der Waals surface area contributed by atoms with E-state index in [-0.39, 0.29) is 0 Å². The van der Waals surface area contributed by atoms with E-state index in [0.29, 0.717) is 12.1 Å². The molecule has 0 fully saturated rings. The van der Waals surface area contributed by atoms with Gasteiger partial charge in [-0.3, -0.25) is 0 Å². The van der Waals surface area contributed by atoms with E-state index in [9.17, 15) is 0 Å². The Hall–Kier alpha value is -1.06. The summed E-state index contributed by atoms with van der Waals surface area (Å²) < 4.78 is 10.4. The van der Waals surface area contributed by atoms with E-state index in [4.69, 9.17) is 9.47 Å². The molecule has 0 saturated heterocycles. The molecule has 2 unspecified atom stereocenters. The van der Waals surface area contributed by atoms with Crippen molar-refractivity contribution in [3.05, 3.63) is 29.3 Å². The van der Waals surface area contributed by atoms with E-state index in [2.05, 4.69) is 30.4 Å². The van der Waals surface area contributed by atoms with Crippen molar-refractivity contribution in [2.75, 3.05) is 20.8 Å². The lowest BCUT2D eigenvalue weighted by atomic mass is 10.1. The van der Waals surface area contributed by atoms with E-state index in [1.165, 1.54) is 17.5 Å². The van der Waals surface area contributed by atoms with Gasteiger partial charge in [-0.15, -0.1) is 0 Å². The standard InChI is InChI=1S/C15H23NO2/c1-11(8-9-17-2)16-15-7-5-12-4-6-13(18-3)10-14(12)15/h4,6,10-11,15-16H,5,7-9H2,1-3H3. The van der Waals surface area contributed by atoms with Gasteiger partial charge in [-0.05, 0) is 49.4 Å². The summed E-state index contributed by atoms with van der Waals surface area (Å²) in [4.78, 5) is 0. The summed E-state index contributed by atoms with van der Waals surface area (Å²) in [6, 6.07) is 7.35. The van der Waals surface area contributed by atoms with E-state index in [0.717, 1.165) is 25.2 Å². The SMILES string of the molecule is COCCC(C)NC1CCc2ccc(OC)cc21. The van der Waals surface area contributed by atoms with Crippen LogP contribution in [0.1, 0.15) is 36.9 Å². The first-order chi connectivity index (χ1) is 8.74. The third kappa shape index (κ3) is 3.03. The van der Waals surface area contributed by atoms with Gasteiger partial charge in [0, 0.05) is 25.8 Å². The molecule has 1 aliphatic rings. The lowest BCUT2D eigenvalue weighted by Gasteiger charge is -2.20. The van der Waals surface area contributed by atoms with E-state index in [1.807, 2.05) is 0 Å². The number of ether oxygens (including phenoxy) is 2. The van der Waals surface area contributed by atoms with Gasteiger partial charge < -0.3 is 14.8 Å². The zero-order chi connectivity index (χ0) is 13.0. The number of aryl methyl sites for hydroxylation is 1. The van der Waals surface area contributed by atoms with Gasteiger partial charge in [-0.1, -0.05) is 6.07 Å². The minimum atomic E-state index is 0.460. The quantitative estimate of drug-likeness (QED) is 0.841. The van der Waals surface area contributed by atoms with Gasteiger partial charge in [0.25, 0.3) is 0 Å². The second-order valence-corrected chi connectivity index (χ2v) is 5.01. The van der Waals surface area contributed by atoms with Crippen molar-refractivity contribution in [1.82, 2.24) is 5.32 Å². The third-order valence-corrected chi connectivity index (χ3v) is 3.67. The lowest BCUT2D eigenvalue weighted by Crippen LogP contribution is -2.30. The van der Waals surface area contributed by atoms with Gasteiger partial charge >= 0.3 is 0 Å². The maximum Gasteiger partial charge on any atom is 0.119 e. The van der Waals surface area contributed by atoms with Gasteiger partial charge in [-0.2, -0.15) is 0 Å². The number of nitrogens with one attached hydrogen (secondary N) is 1. The van der Waals surface area contributed by atoms with Gasteiger partial charge in [0.1, 0.15) is 5.75 Å². The second kappa shape index (κ2) is 6.21. The van der Waals surface area contributed by atoms with Crippen molar-refractivity contribution in [2.45, 2.75) is 38.3 Å². The molecule has 0 aromatic heterocycles. The molecule has 2 rings (SSSR count). The normalized spacial score (nSPS) is 19.6. The molecule has 0 heterocycles. The van der Waals surface area contributed by atoms with Crippen molar-refractivity contribution in [1.29, 1.82) is 0 Å². The van der Waals surface area contributed by atoms with Crippen LogP contribution in [-0.4, -0.2) is 26.9 Å². The fraction of sp³-hybridized carbons (Fsp3) is 0.600. The molecular weight excluding hydrogens is 226 g/mol. The number of fused-ring (bicyclic) bond motifs is 1. The average molecular weight is 249 g/mol. The van der Waals surface area contributed by atoms with Crippen molar-refractivity contribution < 1.29 is 9.47 Å². The summed E-state index contributed by atoms with van der Waals surface area (Å²) in [5, 5.41) is 3.69. The zero-order valence-electron chi connectivity index (χ0n) is 11.5. The summed E-state index contributed by atoms with van der Waals surface area (Å²) in [5.41, 5.74) is 2.85. The minimum Gasteiger partial charge on any atom is -0.497 e. The number of hydrogen-bond acceptors (Lipinski definition) is 3. The molecule has 0 saturated carbocycles. The molecule has 1 aromatic rings. The summed E-state index contributed by atoms with van der Waals surface area (Å²) in [7, 11) is 3.47. The molecule has 3 nitrogen and oxygen atoms in total. The van der Waals surface area contributed by atoms with Crippen LogP contribution in [0.15, 0.2) is 18.2 Å². The van der Waals surface area contributed by atoms with Crippen LogP contribution < -0.4 is 10.1 Å². The molecule has 0 aliphatic heterocycles.